The van der Waals surface area contributed by atoms with Gasteiger partial charge in [0.15, 0.2) is 0 Å². The summed E-state index contributed by atoms with van der Waals surface area (Å²) in [4.78, 5) is 4.69. The van der Waals surface area contributed by atoms with Gasteiger partial charge in [-0.25, -0.2) is 4.98 Å². The van der Waals surface area contributed by atoms with Crippen LogP contribution < -0.4 is 20.9 Å². The molecule has 2 aromatic carbocycles. The number of aromatic nitrogens is 1. The fourth-order valence-electron chi connectivity index (χ4n) is 2.32. The van der Waals surface area contributed by atoms with Crippen molar-refractivity contribution in [3.8, 4) is 11.5 Å². The maximum Gasteiger partial charge on any atom is 0.121 e. The summed E-state index contributed by atoms with van der Waals surface area (Å²) in [6.07, 6.45) is 0. The molecule has 24 heavy (non-hydrogen) atoms. The van der Waals surface area contributed by atoms with Crippen LogP contribution in [0.4, 0.5) is 0 Å². The molecule has 1 heterocycles. The summed E-state index contributed by atoms with van der Waals surface area (Å²) in [5.41, 5.74) is 12.7. The molecule has 0 aliphatic heterocycles. The molecule has 0 unspecified atom stereocenters. The van der Waals surface area contributed by atoms with Crippen LogP contribution in [0.25, 0.3) is 21.8 Å². The molecule has 6 N–H and O–H groups in total. The van der Waals surface area contributed by atoms with Gasteiger partial charge in [-0.3, -0.25) is 0 Å². The van der Waals surface area contributed by atoms with E-state index in [-0.39, 0.29) is 17.9 Å². The summed E-state index contributed by atoms with van der Waals surface area (Å²) >= 11 is 0. The van der Waals surface area contributed by atoms with Crippen molar-refractivity contribution in [3.05, 3.63) is 42.5 Å². The van der Waals surface area contributed by atoms with Crippen molar-refractivity contribution in [3.63, 3.8) is 0 Å². The minimum absolute atomic E-state index is 0. The van der Waals surface area contributed by atoms with Gasteiger partial charge in [0.25, 0.3) is 0 Å². The molecular formula is C17H22ClN3O3. The SMILES string of the molecule is Cl.NCCOc1ccc2cc3ccc(OCCN)cc3nc2c1.O. The van der Waals surface area contributed by atoms with Crippen molar-refractivity contribution in [1.29, 1.82) is 0 Å². The first kappa shape index (κ1) is 19.9. The second-order valence-corrected chi connectivity index (χ2v) is 4.97. The highest BCUT2D eigenvalue weighted by atomic mass is 35.5. The van der Waals surface area contributed by atoms with Crippen molar-refractivity contribution < 1.29 is 14.9 Å². The van der Waals surface area contributed by atoms with Gasteiger partial charge in [0.1, 0.15) is 24.7 Å². The molecular weight excluding hydrogens is 330 g/mol. The smallest absolute Gasteiger partial charge is 0.121 e. The normalized spacial score (nSPS) is 10.1. The van der Waals surface area contributed by atoms with Gasteiger partial charge in [0, 0.05) is 36.0 Å². The average Bonchev–Trinajstić information content (AvgIpc) is 2.56. The predicted octanol–water partition coefficient (Wildman–Crippen LogP) is 1.66. The second kappa shape index (κ2) is 9.24. The zero-order chi connectivity index (χ0) is 15.4. The van der Waals surface area contributed by atoms with Gasteiger partial charge in [-0.05, 0) is 30.3 Å². The highest BCUT2D eigenvalue weighted by Gasteiger charge is 2.04. The number of ether oxygens (including phenoxy) is 2. The molecule has 130 valence electrons. The number of nitrogens with two attached hydrogens (primary N) is 2. The summed E-state index contributed by atoms with van der Waals surface area (Å²) in [6, 6.07) is 13.8. The molecule has 3 rings (SSSR count). The van der Waals surface area contributed by atoms with Crippen LogP contribution in [0, 0.1) is 0 Å². The molecule has 1 aromatic heterocycles. The number of rotatable bonds is 6. The molecule has 0 saturated carbocycles. The average molecular weight is 352 g/mol. The fourth-order valence-corrected chi connectivity index (χ4v) is 2.32. The largest absolute Gasteiger partial charge is 0.492 e. The molecule has 6 nitrogen and oxygen atoms in total. The van der Waals surface area contributed by atoms with Crippen LogP contribution in [0.3, 0.4) is 0 Å². The number of hydrogen-bond acceptors (Lipinski definition) is 5. The van der Waals surface area contributed by atoms with Crippen molar-refractivity contribution in [2.45, 2.75) is 0 Å². The molecule has 7 heteroatoms. The quantitative estimate of drug-likeness (QED) is 0.655. The van der Waals surface area contributed by atoms with Crippen LogP contribution in [0.15, 0.2) is 42.5 Å². The first-order valence-corrected chi connectivity index (χ1v) is 7.30. The Hall–Kier alpha value is -2.12. The van der Waals surface area contributed by atoms with Crippen LogP contribution in [-0.2, 0) is 0 Å². The molecule has 0 atom stereocenters. The van der Waals surface area contributed by atoms with Gasteiger partial charge in [0.05, 0.1) is 11.0 Å². The third-order valence-electron chi connectivity index (χ3n) is 3.33. The van der Waals surface area contributed by atoms with Gasteiger partial charge in [-0.2, -0.15) is 0 Å². The number of halogens is 1. The van der Waals surface area contributed by atoms with Crippen molar-refractivity contribution in [2.24, 2.45) is 11.5 Å². The van der Waals surface area contributed by atoms with E-state index < -0.39 is 0 Å². The monoisotopic (exact) mass is 351 g/mol. The Balaban J connectivity index is 0.00000144. The first-order chi connectivity index (χ1) is 10.8. The molecule has 3 aromatic rings. The fraction of sp³-hybridized carbons (Fsp3) is 0.235. The molecule has 0 amide bonds. The van der Waals surface area contributed by atoms with Crippen LogP contribution in [0.1, 0.15) is 0 Å². The van der Waals surface area contributed by atoms with E-state index in [0.29, 0.717) is 26.3 Å². The molecule has 0 aliphatic rings. The first-order valence-electron chi connectivity index (χ1n) is 7.30. The van der Waals surface area contributed by atoms with Crippen molar-refractivity contribution in [1.82, 2.24) is 4.98 Å². The number of fused-ring (bicyclic) bond motifs is 2. The Labute approximate surface area is 146 Å². The maximum atomic E-state index is 5.55. The van der Waals surface area contributed by atoms with Crippen LogP contribution >= 0.6 is 12.4 Å². The van der Waals surface area contributed by atoms with Gasteiger partial charge < -0.3 is 26.4 Å². The summed E-state index contributed by atoms with van der Waals surface area (Å²) < 4.78 is 11.1. The Morgan fingerprint density at radius 3 is 1.62 bits per heavy atom. The zero-order valence-electron chi connectivity index (χ0n) is 13.2. The lowest BCUT2D eigenvalue weighted by Gasteiger charge is -2.08. The number of pyridine rings is 1. The number of nitrogens with zero attached hydrogens (tertiary/aromatic N) is 1. The lowest BCUT2D eigenvalue weighted by molar-refractivity contribution is 0.328. The summed E-state index contributed by atoms with van der Waals surface area (Å²) in [6.45, 7) is 1.97. The minimum Gasteiger partial charge on any atom is -0.492 e. The van der Waals surface area contributed by atoms with E-state index >= 15 is 0 Å². The van der Waals surface area contributed by atoms with Gasteiger partial charge in [-0.15, -0.1) is 12.4 Å². The van der Waals surface area contributed by atoms with Crippen molar-refractivity contribution >= 4 is 34.2 Å². The Bertz CT molecular complexity index is 735. The topological polar surface area (TPSA) is 115 Å². The highest BCUT2D eigenvalue weighted by Crippen LogP contribution is 2.26. The molecule has 0 radical (unpaired) electrons. The van der Waals surface area contributed by atoms with Crippen molar-refractivity contribution in [2.75, 3.05) is 26.3 Å². The number of hydrogen-bond donors (Lipinski definition) is 2. The third kappa shape index (κ3) is 4.46. The van der Waals surface area contributed by atoms with E-state index in [9.17, 15) is 0 Å². The van der Waals surface area contributed by atoms with Gasteiger partial charge >= 0.3 is 0 Å². The predicted molar refractivity (Wildman–Crippen MR) is 99.2 cm³/mol. The van der Waals surface area contributed by atoms with E-state index in [1.807, 2.05) is 36.4 Å². The Morgan fingerprint density at radius 1 is 0.750 bits per heavy atom. The van der Waals surface area contributed by atoms with Gasteiger partial charge in [-0.1, -0.05) is 0 Å². The summed E-state index contributed by atoms with van der Waals surface area (Å²) in [7, 11) is 0. The minimum atomic E-state index is 0. The van der Waals surface area contributed by atoms with E-state index in [2.05, 4.69) is 6.07 Å². The summed E-state index contributed by atoms with van der Waals surface area (Å²) in [5, 5.41) is 2.14. The molecule has 0 aliphatic carbocycles. The third-order valence-corrected chi connectivity index (χ3v) is 3.33. The maximum absolute atomic E-state index is 5.55. The van der Waals surface area contributed by atoms with E-state index in [4.69, 9.17) is 25.9 Å². The highest BCUT2D eigenvalue weighted by molar-refractivity contribution is 5.93. The van der Waals surface area contributed by atoms with E-state index in [0.717, 1.165) is 33.3 Å². The second-order valence-electron chi connectivity index (χ2n) is 4.97. The lowest BCUT2D eigenvalue weighted by atomic mass is 10.1. The molecule has 0 spiro atoms. The van der Waals surface area contributed by atoms with Crippen LogP contribution in [0.5, 0.6) is 11.5 Å². The van der Waals surface area contributed by atoms with E-state index in [1.54, 1.807) is 0 Å². The van der Waals surface area contributed by atoms with Crippen LogP contribution in [0.2, 0.25) is 0 Å². The standard InChI is InChI=1S/C17H19N3O2.ClH.H2O/c18-5-7-21-14-3-1-12-9-13-2-4-15(22-8-6-19)11-17(13)20-16(12)10-14;;/h1-4,9-11H,5-8,18-19H2;1H;1H2. The number of benzene rings is 2. The Morgan fingerprint density at radius 2 is 1.21 bits per heavy atom. The summed E-state index contributed by atoms with van der Waals surface area (Å²) in [5.74, 6) is 1.56. The Kier molecular flexibility index (Phi) is 7.67. The van der Waals surface area contributed by atoms with E-state index in [1.165, 1.54) is 0 Å². The molecule has 0 saturated heterocycles. The molecule has 0 bridgehead atoms. The van der Waals surface area contributed by atoms with Gasteiger partial charge in [0.2, 0.25) is 0 Å². The van der Waals surface area contributed by atoms with Crippen LogP contribution in [-0.4, -0.2) is 36.8 Å². The zero-order valence-corrected chi connectivity index (χ0v) is 14.0. The molecule has 0 fully saturated rings. The lowest BCUT2D eigenvalue weighted by Crippen LogP contribution is -2.10.